The van der Waals surface area contributed by atoms with E-state index in [-0.39, 0.29) is 0 Å². The van der Waals surface area contributed by atoms with Crippen molar-refractivity contribution >= 4 is 28.2 Å². The van der Waals surface area contributed by atoms with Crippen molar-refractivity contribution in [1.29, 1.82) is 0 Å². The van der Waals surface area contributed by atoms with Crippen LogP contribution in [0.5, 0.6) is 0 Å². The lowest BCUT2D eigenvalue weighted by molar-refractivity contribution is 0.918. The molecule has 1 nitrogen and oxygen atoms in total. The van der Waals surface area contributed by atoms with Crippen LogP contribution in [0.15, 0.2) is 103 Å². The highest BCUT2D eigenvalue weighted by molar-refractivity contribution is 6.07. The Morgan fingerprint density at radius 2 is 1.13 bits per heavy atom. The first-order valence-electron chi connectivity index (χ1n) is 11.1. The van der Waals surface area contributed by atoms with Crippen LogP contribution >= 0.6 is 0 Å². The molecule has 0 aliphatic carbocycles. The van der Waals surface area contributed by atoms with E-state index in [2.05, 4.69) is 122 Å². The van der Waals surface area contributed by atoms with Crippen LogP contribution in [0.25, 0.3) is 11.1 Å². The van der Waals surface area contributed by atoms with Gasteiger partial charge in [0.05, 0.1) is 11.4 Å². The minimum Gasteiger partial charge on any atom is -0.309 e. The summed E-state index contributed by atoms with van der Waals surface area (Å²) in [5.41, 5.74) is 11.6. The molecular weight excluding hydrogens is 374 g/mol. The van der Waals surface area contributed by atoms with Gasteiger partial charge >= 0.3 is 0 Å². The van der Waals surface area contributed by atoms with Crippen LogP contribution < -0.4 is 4.90 Å². The van der Waals surface area contributed by atoms with Crippen LogP contribution in [0.2, 0.25) is 0 Å². The van der Waals surface area contributed by atoms with Crippen molar-refractivity contribution in [2.24, 2.45) is 0 Å². The summed E-state index contributed by atoms with van der Waals surface area (Å²) in [4.78, 5) is 2.41. The summed E-state index contributed by atoms with van der Waals surface area (Å²) in [6.07, 6.45) is 2.22. The highest BCUT2D eigenvalue weighted by Gasteiger charge is 2.27. The molecule has 0 N–H and O–H groups in total. The quantitative estimate of drug-likeness (QED) is 0.332. The molecule has 4 aromatic carbocycles. The maximum Gasteiger partial charge on any atom is 0.0540 e. The Balaban J connectivity index is 1.87. The zero-order valence-electron chi connectivity index (χ0n) is 18.2. The Bertz CT molecular complexity index is 1250. The van der Waals surface area contributed by atoms with Crippen molar-refractivity contribution in [2.75, 3.05) is 4.90 Å². The van der Waals surface area contributed by atoms with Crippen molar-refractivity contribution in [3.8, 4) is 0 Å². The molecule has 5 rings (SSSR count). The van der Waals surface area contributed by atoms with Gasteiger partial charge in [-0.3, -0.25) is 0 Å². The molecule has 0 radical (unpaired) electrons. The van der Waals surface area contributed by atoms with Crippen LogP contribution in [0, 0.1) is 0 Å². The van der Waals surface area contributed by atoms with Crippen molar-refractivity contribution in [2.45, 2.75) is 26.7 Å². The van der Waals surface area contributed by atoms with E-state index in [0.717, 1.165) is 12.8 Å². The van der Waals surface area contributed by atoms with Crippen LogP contribution in [-0.4, -0.2) is 0 Å². The summed E-state index contributed by atoms with van der Waals surface area (Å²) >= 11 is 0. The standard InChI is InChI=1S/C30H27N/c1-3-13-23-14-7-8-18-26(23)30-22(2)25-17-9-11-20-28(25)31(24-15-5-4-6-16-24)29-21-12-10-19-27(29)30/h4-12,14-21H,3,13H2,1-2H3. The third-order valence-electron chi connectivity index (χ3n) is 6.16. The minimum atomic E-state index is 1.08. The maximum atomic E-state index is 2.41. The third-order valence-corrected chi connectivity index (χ3v) is 6.16. The summed E-state index contributed by atoms with van der Waals surface area (Å²) in [6, 6.07) is 37.2. The van der Waals surface area contributed by atoms with E-state index in [9.17, 15) is 0 Å². The predicted molar refractivity (Wildman–Crippen MR) is 133 cm³/mol. The first kappa shape index (κ1) is 19.4. The number of allylic oxidation sites excluding steroid dienone is 1. The summed E-state index contributed by atoms with van der Waals surface area (Å²) in [5, 5.41) is 0. The molecule has 1 heterocycles. The predicted octanol–water partition coefficient (Wildman–Crippen LogP) is 8.40. The number of aryl methyl sites for hydroxylation is 1. The summed E-state index contributed by atoms with van der Waals surface area (Å²) in [5.74, 6) is 0. The molecule has 0 unspecified atom stereocenters. The molecule has 0 saturated heterocycles. The Morgan fingerprint density at radius 3 is 1.84 bits per heavy atom. The van der Waals surface area contributed by atoms with E-state index in [1.54, 1.807) is 0 Å². The molecule has 0 bridgehead atoms. The van der Waals surface area contributed by atoms with Gasteiger partial charge in [-0.1, -0.05) is 92.2 Å². The smallest absolute Gasteiger partial charge is 0.0540 e. The van der Waals surface area contributed by atoms with E-state index in [0.29, 0.717) is 0 Å². The molecule has 0 amide bonds. The Kier molecular flexibility index (Phi) is 5.18. The molecule has 0 aromatic heterocycles. The van der Waals surface area contributed by atoms with Gasteiger partial charge in [-0.2, -0.15) is 0 Å². The molecule has 1 aliphatic rings. The van der Waals surface area contributed by atoms with Crippen molar-refractivity contribution < 1.29 is 0 Å². The first-order chi connectivity index (χ1) is 15.3. The molecule has 4 aromatic rings. The molecule has 0 atom stereocenters. The number of benzene rings is 4. The van der Waals surface area contributed by atoms with Crippen LogP contribution in [0.4, 0.5) is 17.1 Å². The zero-order chi connectivity index (χ0) is 21.2. The fourth-order valence-electron chi connectivity index (χ4n) is 4.79. The second-order valence-electron chi connectivity index (χ2n) is 8.11. The SMILES string of the molecule is CCCc1ccccc1C1=C(C)c2ccccc2N(c2ccccc2)c2ccccc21. The zero-order valence-corrected chi connectivity index (χ0v) is 18.2. The number of rotatable bonds is 4. The number of para-hydroxylation sites is 3. The lowest BCUT2D eigenvalue weighted by Gasteiger charge is -2.27. The van der Waals surface area contributed by atoms with E-state index in [1.807, 2.05) is 0 Å². The van der Waals surface area contributed by atoms with Gasteiger partial charge in [0.25, 0.3) is 0 Å². The highest BCUT2D eigenvalue weighted by Crippen LogP contribution is 2.49. The topological polar surface area (TPSA) is 3.24 Å². The molecule has 1 aliphatic heterocycles. The van der Waals surface area contributed by atoms with E-state index < -0.39 is 0 Å². The van der Waals surface area contributed by atoms with Crippen LogP contribution in [0.3, 0.4) is 0 Å². The average molecular weight is 402 g/mol. The fraction of sp³-hybridized carbons (Fsp3) is 0.133. The second-order valence-corrected chi connectivity index (χ2v) is 8.11. The Morgan fingerprint density at radius 1 is 0.581 bits per heavy atom. The molecule has 1 heteroatoms. The molecular formula is C30H27N. The monoisotopic (exact) mass is 401 g/mol. The second kappa shape index (κ2) is 8.28. The van der Waals surface area contributed by atoms with Crippen LogP contribution in [-0.2, 0) is 6.42 Å². The highest BCUT2D eigenvalue weighted by atomic mass is 15.1. The Hall–Kier alpha value is -3.58. The van der Waals surface area contributed by atoms with Gasteiger partial charge in [0.2, 0.25) is 0 Å². The normalized spacial score (nSPS) is 12.9. The lowest BCUT2D eigenvalue weighted by atomic mass is 9.87. The fourth-order valence-corrected chi connectivity index (χ4v) is 4.79. The maximum absolute atomic E-state index is 2.41. The number of hydrogen-bond acceptors (Lipinski definition) is 1. The number of hydrogen-bond donors (Lipinski definition) is 0. The van der Waals surface area contributed by atoms with E-state index >= 15 is 0 Å². The largest absolute Gasteiger partial charge is 0.309 e. The molecule has 152 valence electrons. The van der Waals surface area contributed by atoms with Gasteiger partial charge in [-0.05, 0) is 59.9 Å². The van der Waals surface area contributed by atoms with Gasteiger partial charge in [-0.25, -0.2) is 0 Å². The number of anilines is 3. The van der Waals surface area contributed by atoms with E-state index in [4.69, 9.17) is 0 Å². The van der Waals surface area contributed by atoms with Gasteiger partial charge in [-0.15, -0.1) is 0 Å². The molecule has 0 spiro atoms. The lowest BCUT2D eigenvalue weighted by Crippen LogP contribution is -2.11. The number of nitrogens with zero attached hydrogens (tertiary/aromatic N) is 1. The van der Waals surface area contributed by atoms with Gasteiger partial charge < -0.3 is 4.90 Å². The van der Waals surface area contributed by atoms with Gasteiger partial charge in [0.15, 0.2) is 0 Å². The van der Waals surface area contributed by atoms with Crippen LogP contribution in [0.1, 0.15) is 42.5 Å². The Labute approximate surface area is 185 Å². The molecule has 31 heavy (non-hydrogen) atoms. The summed E-state index contributed by atoms with van der Waals surface area (Å²) < 4.78 is 0. The third kappa shape index (κ3) is 3.37. The number of fused-ring (bicyclic) bond motifs is 2. The summed E-state index contributed by atoms with van der Waals surface area (Å²) in [7, 11) is 0. The van der Waals surface area contributed by atoms with Gasteiger partial charge in [0, 0.05) is 16.8 Å². The van der Waals surface area contributed by atoms with Crippen molar-refractivity contribution in [3.05, 3.63) is 125 Å². The van der Waals surface area contributed by atoms with E-state index in [1.165, 1.54) is 50.5 Å². The van der Waals surface area contributed by atoms with Crippen molar-refractivity contribution in [1.82, 2.24) is 0 Å². The minimum absolute atomic E-state index is 1.08. The summed E-state index contributed by atoms with van der Waals surface area (Å²) in [6.45, 7) is 4.54. The van der Waals surface area contributed by atoms with Gasteiger partial charge in [0.1, 0.15) is 0 Å². The molecule has 0 fully saturated rings. The molecule has 0 saturated carbocycles. The first-order valence-corrected chi connectivity index (χ1v) is 11.1. The van der Waals surface area contributed by atoms with Crippen molar-refractivity contribution in [3.63, 3.8) is 0 Å². The average Bonchev–Trinajstić information content (AvgIpc) is 2.93.